The van der Waals surface area contributed by atoms with Gasteiger partial charge in [-0.1, -0.05) is 39.1 Å². The summed E-state index contributed by atoms with van der Waals surface area (Å²) >= 11 is 15.8. The molecule has 4 nitrogen and oxygen atoms in total. The molecule has 2 aromatic rings. The predicted octanol–water partition coefficient (Wildman–Crippen LogP) is 3.85. The molecule has 2 N–H and O–H groups in total. The van der Waals surface area contributed by atoms with Gasteiger partial charge in [-0.15, -0.1) is 0 Å². The number of fused-ring (bicyclic) bond motifs is 1. The standard InChI is InChI=1S/C13H13BrCl2N2O2/c1-2-20-13(19)10-5-7-8(14)6-9(15)11(16)12(7)18(10)4-3-17/h5-6H,2-4,17H2,1H3. The fraction of sp³-hybridized carbons (Fsp3) is 0.308. The maximum Gasteiger partial charge on any atom is 0.354 e. The first-order valence-corrected chi connectivity index (χ1v) is 7.60. The molecule has 0 saturated heterocycles. The molecule has 0 spiro atoms. The lowest BCUT2D eigenvalue weighted by Crippen LogP contribution is -2.16. The number of nitrogens with zero attached hydrogens (tertiary/aromatic N) is 1. The quantitative estimate of drug-likeness (QED) is 0.648. The molecule has 1 heterocycles. The van der Waals surface area contributed by atoms with Crippen LogP contribution in [0, 0.1) is 0 Å². The molecule has 2 rings (SSSR count). The third-order valence-electron chi connectivity index (χ3n) is 2.86. The van der Waals surface area contributed by atoms with Gasteiger partial charge in [0.2, 0.25) is 0 Å². The minimum Gasteiger partial charge on any atom is -0.461 e. The second kappa shape index (κ2) is 6.35. The molecule has 0 aliphatic heterocycles. The Hall–Kier alpha value is -0.750. The number of esters is 1. The second-order valence-electron chi connectivity index (χ2n) is 4.11. The van der Waals surface area contributed by atoms with E-state index in [4.69, 9.17) is 33.7 Å². The summed E-state index contributed by atoms with van der Waals surface area (Å²) in [5, 5.41) is 1.61. The van der Waals surface area contributed by atoms with Crippen LogP contribution in [0.2, 0.25) is 10.0 Å². The molecular formula is C13H13BrCl2N2O2. The maximum atomic E-state index is 12.0. The molecule has 108 valence electrons. The first-order valence-electron chi connectivity index (χ1n) is 6.05. The van der Waals surface area contributed by atoms with Crippen LogP contribution in [0.5, 0.6) is 0 Å². The molecule has 20 heavy (non-hydrogen) atoms. The van der Waals surface area contributed by atoms with Crippen LogP contribution in [0.15, 0.2) is 16.6 Å². The van der Waals surface area contributed by atoms with Crippen LogP contribution < -0.4 is 5.73 Å². The van der Waals surface area contributed by atoms with E-state index in [1.807, 2.05) is 0 Å². The van der Waals surface area contributed by atoms with Crippen molar-refractivity contribution in [2.45, 2.75) is 13.5 Å². The van der Waals surface area contributed by atoms with Gasteiger partial charge in [-0.2, -0.15) is 0 Å². The highest BCUT2D eigenvalue weighted by atomic mass is 79.9. The molecule has 1 aromatic carbocycles. The highest BCUT2D eigenvalue weighted by Gasteiger charge is 2.21. The van der Waals surface area contributed by atoms with E-state index in [0.29, 0.717) is 41.0 Å². The van der Waals surface area contributed by atoms with Gasteiger partial charge in [0, 0.05) is 22.9 Å². The van der Waals surface area contributed by atoms with Crippen LogP contribution in [-0.4, -0.2) is 23.7 Å². The first-order chi connectivity index (χ1) is 9.51. The Morgan fingerprint density at radius 3 is 2.75 bits per heavy atom. The highest BCUT2D eigenvalue weighted by Crippen LogP contribution is 2.38. The zero-order valence-corrected chi connectivity index (χ0v) is 13.8. The minimum absolute atomic E-state index is 0.304. The lowest BCUT2D eigenvalue weighted by Gasteiger charge is -2.10. The number of nitrogens with two attached hydrogens (primary N) is 1. The molecule has 0 fully saturated rings. The molecule has 0 amide bonds. The van der Waals surface area contributed by atoms with Crippen LogP contribution >= 0.6 is 39.1 Å². The molecule has 0 saturated carbocycles. The smallest absolute Gasteiger partial charge is 0.354 e. The van der Waals surface area contributed by atoms with E-state index in [1.54, 1.807) is 23.6 Å². The van der Waals surface area contributed by atoms with Gasteiger partial charge in [0.1, 0.15) is 5.69 Å². The number of carbonyl (C=O) groups is 1. The largest absolute Gasteiger partial charge is 0.461 e. The van der Waals surface area contributed by atoms with E-state index in [1.165, 1.54) is 0 Å². The van der Waals surface area contributed by atoms with Crippen molar-refractivity contribution in [1.82, 2.24) is 4.57 Å². The van der Waals surface area contributed by atoms with Crippen molar-refractivity contribution in [3.63, 3.8) is 0 Å². The number of rotatable bonds is 4. The Kier molecular flexibility index (Phi) is 4.96. The van der Waals surface area contributed by atoms with Gasteiger partial charge in [0.25, 0.3) is 0 Å². The van der Waals surface area contributed by atoms with Gasteiger partial charge in [-0.25, -0.2) is 4.79 Å². The van der Waals surface area contributed by atoms with Gasteiger partial charge in [-0.05, 0) is 19.1 Å². The van der Waals surface area contributed by atoms with Crippen molar-refractivity contribution in [2.24, 2.45) is 5.73 Å². The van der Waals surface area contributed by atoms with Crippen molar-refractivity contribution < 1.29 is 9.53 Å². The average molecular weight is 380 g/mol. The lowest BCUT2D eigenvalue weighted by molar-refractivity contribution is 0.0514. The Labute approximate surface area is 134 Å². The summed E-state index contributed by atoms with van der Waals surface area (Å²) in [7, 11) is 0. The summed E-state index contributed by atoms with van der Waals surface area (Å²) in [5.41, 5.74) is 6.71. The lowest BCUT2D eigenvalue weighted by atomic mass is 10.2. The first kappa shape index (κ1) is 15.6. The number of hydrogen-bond acceptors (Lipinski definition) is 3. The van der Waals surface area contributed by atoms with Crippen molar-refractivity contribution in [3.8, 4) is 0 Å². The monoisotopic (exact) mass is 378 g/mol. The normalized spacial score (nSPS) is 11.1. The number of ether oxygens (including phenoxy) is 1. The van der Waals surface area contributed by atoms with E-state index in [9.17, 15) is 4.79 Å². The zero-order valence-electron chi connectivity index (χ0n) is 10.8. The molecule has 0 atom stereocenters. The summed E-state index contributed by atoms with van der Waals surface area (Å²) in [5.74, 6) is -0.406. The number of aromatic nitrogens is 1. The summed E-state index contributed by atoms with van der Waals surface area (Å²) in [4.78, 5) is 12.0. The molecule has 0 bridgehead atoms. The summed E-state index contributed by atoms with van der Waals surface area (Å²) in [6.45, 7) is 2.88. The number of benzene rings is 1. The Balaban J connectivity index is 2.76. The van der Waals surface area contributed by atoms with Crippen LogP contribution in [0.25, 0.3) is 10.9 Å². The van der Waals surface area contributed by atoms with Crippen LogP contribution in [0.4, 0.5) is 0 Å². The van der Waals surface area contributed by atoms with E-state index >= 15 is 0 Å². The summed E-state index contributed by atoms with van der Waals surface area (Å²) in [6.07, 6.45) is 0. The average Bonchev–Trinajstić information content (AvgIpc) is 2.77. The van der Waals surface area contributed by atoms with Crippen molar-refractivity contribution >= 4 is 56.0 Å². The third-order valence-corrected chi connectivity index (χ3v) is 4.30. The number of hydrogen-bond donors (Lipinski definition) is 1. The Bertz CT molecular complexity index is 670. The van der Waals surface area contributed by atoms with E-state index < -0.39 is 5.97 Å². The molecule has 0 unspecified atom stereocenters. The van der Waals surface area contributed by atoms with E-state index in [0.717, 1.165) is 9.86 Å². The van der Waals surface area contributed by atoms with Gasteiger partial charge < -0.3 is 15.0 Å². The van der Waals surface area contributed by atoms with Crippen molar-refractivity contribution in [3.05, 3.63) is 32.3 Å². The maximum absolute atomic E-state index is 12.0. The van der Waals surface area contributed by atoms with Gasteiger partial charge >= 0.3 is 5.97 Å². The molecule has 0 aliphatic carbocycles. The molecule has 7 heteroatoms. The van der Waals surface area contributed by atoms with Gasteiger partial charge in [0.05, 0.1) is 22.2 Å². The van der Waals surface area contributed by atoms with Crippen LogP contribution in [0.3, 0.4) is 0 Å². The van der Waals surface area contributed by atoms with Crippen molar-refractivity contribution in [1.29, 1.82) is 0 Å². The third kappa shape index (κ3) is 2.68. The van der Waals surface area contributed by atoms with Crippen LogP contribution in [0.1, 0.15) is 17.4 Å². The topological polar surface area (TPSA) is 57.2 Å². The van der Waals surface area contributed by atoms with Crippen molar-refractivity contribution in [2.75, 3.05) is 13.2 Å². The van der Waals surface area contributed by atoms with E-state index in [2.05, 4.69) is 15.9 Å². The molecule has 1 aromatic heterocycles. The second-order valence-corrected chi connectivity index (χ2v) is 5.75. The fourth-order valence-electron chi connectivity index (χ4n) is 2.07. The molecule has 0 aliphatic rings. The number of halogens is 3. The van der Waals surface area contributed by atoms with E-state index in [-0.39, 0.29) is 0 Å². The predicted molar refractivity (Wildman–Crippen MR) is 84.7 cm³/mol. The molecular weight excluding hydrogens is 367 g/mol. The minimum atomic E-state index is -0.406. The summed E-state index contributed by atoms with van der Waals surface area (Å²) in [6, 6.07) is 3.43. The number of carbonyl (C=O) groups excluding carboxylic acids is 1. The highest BCUT2D eigenvalue weighted by molar-refractivity contribution is 9.10. The van der Waals surface area contributed by atoms with Gasteiger partial charge in [0.15, 0.2) is 0 Å². The Morgan fingerprint density at radius 1 is 1.45 bits per heavy atom. The Morgan fingerprint density at radius 2 is 2.15 bits per heavy atom. The SMILES string of the molecule is CCOC(=O)c1cc2c(Br)cc(Cl)c(Cl)c2n1CCN. The zero-order chi connectivity index (χ0) is 14.9. The molecule has 0 radical (unpaired) electrons. The fourth-order valence-corrected chi connectivity index (χ4v) is 3.19. The van der Waals surface area contributed by atoms with Gasteiger partial charge in [-0.3, -0.25) is 0 Å². The van der Waals surface area contributed by atoms with Crippen LogP contribution in [-0.2, 0) is 11.3 Å². The summed E-state index contributed by atoms with van der Waals surface area (Å²) < 4.78 is 7.57.